The fraction of sp³-hybridized carbons (Fsp3) is 0.682. The normalized spacial score (nSPS) is 18.8. The van der Waals surface area contributed by atoms with Gasteiger partial charge in [-0.25, -0.2) is 0 Å². The van der Waals surface area contributed by atoms with Gasteiger partial charge in [-0.05, 0) is 50.2 Å². The molecule has 2 fully saturated rings. The largest absolute Gasteiger partial charge is 0.342 e. The van der Waals surface area contributed by atoms with Crippen LogP contribution in [0.3, 0.4) is 0 Å². The Labute approximate surface area is 177 Å². The van der Waals surface area contributed by atoms with Crippen molar-refractivity contribution in [1.82, 2.24) is 9.80 Å². The number of thiophene rings is 1. The summed E-state index contributed by atoms with van der Waals surface area (Å²) in [7, 11) is 0. The van der Waals surface area contributed by atoms with Gasteiger partial charge in [-0.3, -0.25) is 14.4 Å². The number of anilines is 1. The van der Waals surface area contributed by atoms with Crippen LogP contribution < -0.4 is 5.32 Å². The third-order valence-electron chi connectivity index (χ3n) is 5.83. The van der Waals surface area contributed by atoms with E-state index in [0.29, 0.717) is 17.2 Å². The van der Waals surface area contributed by atoms with E-state index in [0.717, 1.165) is 62.4 Å². The van der Waals surface area contributed by atoms with E-state index < -0.39 is 5.41 Å². The van der Waals surface area contributed by atoms with Crippen LogP contribution in [0.2, 0.25) is 0 Å². The molecule has 3 rings (SSSR count). The molecule has 29 heavy (non-hydrogen) atoms. The highest BCUT2D eigenvalue weighted by atomic mass is 32.1. The van der Waals surface area contributed by atoms with Crippen molar-refractivity contribution in [3.05, 3.63) is 16.5 Å². The van der Waals surface area contributed by atoms with Crippen molar-refractivity contribution in [1.29, 1.82) is 0 Å². The first-order valence-electron chi connectivity index (χ1n) is 10.6. The van der Waals surface area contributed by atoms with Gasteiger partial charge in [0.15, 0.2) is 0 Å². The SMILES string of the molecule is Cc1cc(NC(=O)C(C)(C)C)sc1C(=O)N1CCC(CN2CCCCC2=O)CC1. The lowest BCUT2D eigenvalue weighted by molar-refractivity contribution is -0.134. The molecule has 0 spiro atoms. The van der Waals surface area contributed by atoms with Crippen molar-refractivity contribution >= 4 is 34.1 Å². The second-order valence-electron chi connectivity index (χ2n) is 9.36. The average molecular weight is 420 g/mol. The zero-order valence-electron chi connectivity index (χ0n) is 18.0. The molecular weight excluding hydrogens is 386 g/mol. The summed E-state index contributed by atoms with van der Waals surface area (Å²) in [4.78, 5) is 41.9. The number of amides is 3. The number of hydrogen-bond donors (Lipinski definition) is 1. The fourth-order valence-electron chi connectivity index (χ4n) is 3.88. The van der Waals surface area contributed by atoms with Gasteiger partial charge in [-0.15, -0.1) is 11.3 Å². The Balaban J connectivity index is 1.55. The molecule has 160 valence electrons. The zero-order chi connectivity index (χ0) is 21.2. The van der Waals surface area contributed by atoms with Gasteiger partial charge in [-0.1, -0.05) is 20.8 Å². The molecule has 0 saturated carbocycles. The molecule has 0 bridgehead atoms. The summed E-state index contributed by atoms with van der Waals surface area (Å²) in [5.74, 6) is 0.767. The lowest BCUT2D eigenvalue weighted by Crippen LogP contribution is -2.44. The van der Waals surface area contributed by atoms with Crippen LogP contribution in [0.15, 0.2) is 6.07 Å². The molecule has 1 N–H and O–H groups in total. The lowest BCUT2D eigenvalue weighted by atomic mass is 9.95. The number of likely N-dealkylation sites (tertiary alicyclic amines) is 2. The van der Waals surface area contributed by atoms with E-state index in [1.165, 1.54) is 11.3 Å². The van der Waals surface area contributed by atoms with Gasteiger partial charge in [-0.2, -0.15) is 0 Å². The minimum absolute atomic E-state index is 0.0502. The molecule has 0 unspecified atom stereocenters. The molecule has 0 atom stereocenters. The molecule has 0 aromatic carbocycles. The van der Waals surface area contributed by atoms with E-state index >= 15 is 0 Å². The van der Waals surface area contributed by atoms with Crippen molar-refractivity contribution in [3.63, 3.8) is 0 Å². The Hall–Kier alpha value is -1.89. The summed E-state index contributed by atoms with van der Waals surface area (Å²) in [6.45, 7) is 10.7. The maximum absolute atomic E-state index is 13.0. The minimum atomic E-state index is -0.473. The first kappa shape index (κ1) is 21.8. The van der Waals surface area contributed by atoms with Crippen LogP contribution in [0.4, 0.5) is 5.00 Å². The third kappa shape index (κ3) is 5.38. The van der Waals surface area contributed by atoms with Crippen molar-refractivity contribution in [3.8, 4) is 0 Å². The topological polar surface area (TPSA) is 69.7 Å². The maximum atomic E-state index is 13.0. The summed E-state index contributed by atoms with van der Waals surface area (Å²) in [6, 6.07) is 1.89. The smallest absolute Gasteiger partial charge is 0.264 e. The fourth-order valence-corrected chi connectivity index (χ4v) is 4.92. The van der Waals surface area contributed by atoms with Gasteiger partial charge >= 0.3 is 0 Å². The first-order valence-corrected chi connectivity index (χ1v) is 11.5. The van der Waals surface area contributed by atoms with Crippen LogP contribution in [0.25, 0.3) is 0 Å². The Morgan fingerprint density at radius 1 is 1.17 bits per heavy atom. The lowest BCUT2D eigenvalue weighted by Gasteiger charge is -2.36. The monoisotopic (exact) mass is 419 g/mol. The molecule has 3 heterocycles. The number of piperidine rings is 2. The number of nitrogens with zero attached hydrogens (tertiary/aromatic N) is 2. The summed E-state index contributed by atoms with van der Waals surface area (Å²) >= 11 is 1.36. The molecular formula is C22H33N3O3S. The Morgan fingerprint density at radius 2 is 1.86 bits per heavy atom. The van der Waals surface area contributed by atoms with Crippen LogP contribution in [-0.2, 0) is 9.59 Å². The Bertz CT molecular complexity index is 773. The van der Waals surface area contributed by atoms with Crippen molar-refractivity contribution in [2.45, 2.75) is 59.8 Å². The minimum Gasteiger partial charge on any atom is -0.342 e. The van der Waals surface area contributed by atoms with E-state index in [2.05, 4.69) is 5.32 Å². The van der Waals surface area contributed by atoms with Crippen LogP contribution in [-0.4, -0.2) is 53.7 Å². The average Bonchev–Trinajstić information content (AvgIpc) is 3.03. The quantitative estimate of drug-likeness (QED) is 0.804. The van der Waals surface area contributed by atoms with Gasteiger partial charge in [0.2, 0.25) is 11.8 Å². The predicted molar refractivity (Wildman–Crippen MR) is 116 cm³/mol. The van der Waals surface area contributed by atoms with Gasteiger partial charge in [0.05, 0.1) is 9.88 Å². The molecule has 0 aliphatic carbocycles. The van der Waals surface area contributed by atoms with Crippen molar-refractivity contribution in [2.24, 2.45) is 11.3 Å². The Morgan fingerprint density at radius 3 is 2.48 bits per heavy atom. The predicted octanol–water partition coefficient (Wildman–Crippen LogP) is 3.91. The maximum Gasteiger partial charge on any atom is 0.264 e. The van der Waals surface area contributed by atoms with Crippen LogP contribution in [0.5, 0.6) is 0 Å². The van der Waals surface area contributed by atoms with E-state index in [-0.39, 0.29) is 17.7 Å². The first-order chi connectivity index (χ1) is 13.6. The zero-order valence-corrected chi connectivity index (χ0v) is 18.9. The van der Waals surface area contributed by atoms with Gasteiger partial charge in [0.25, 0.3) is 5.91 Å². The third-order valence-corrected chi connectivity index (χ3v) is 6.97. The molecule has 3 amide bonds. The molecule has 0 radical (unpaired) electrons. The van der Waals surface area contributed by atoms with Gasteiger partial charge in [0.1, 0.15) is 0 Å². The van der Waals surface area contributed by atoms with E-state index in [1.54, 1.807) is 0 Å². The van der Waals surface area contributed by atoms with E-state index in [9.17, 15) is 14.4 Å². The summed E-state index contributed by atoms with van der Waals surface area (Å²) in [6.07, 6.45) is 4.68. The van der Waals surface area contributed by atoms with E-state index in [4.69, 9.17) is 0 Å². The van der Waals surface area contributed by atoms with Gasteiger partial charge < -0.3 is 15.1 Å². The molecule has 1 aromatic rings. The summed E-state index contributed by atoms with van der Waals surface area (Å²) in [5, 5.41) is 3.66. The van der Waals surface area contributed by atoms with Crippen molar-refractivity contribution in [2.75, 3.05) is 31.5 Å². The second kappa shape index (κ2) is 8.86. The summed E-state index contributed by atoms with van der Waals surface area (Å²) < 4.78 is 0. The number of aryl methyl sites for hydroxylation is 1. The van der Waals surface area contributed by atoms with Crippen LogP contribution in [0, 0.1) is 18.3 Å². The van der Waals surface area contributed by atoms with Crippen molar-refractivity contribution < 1.29 is 14.4 Å². The molecule has 1 aromatic heterocycles. The standard InChI is InChI=1S/C22H33N3O3S/c1-15-13-17(23-21(28)22(2,3)4)29-19(15)20(27)24-11-8-16(9-12-24)14-25-10-6-5-7-18(25)26/h13,16H,5-12,14H2,1-4H3,(H,23,28). The molecule has 6 nitrogen and oxygen atoms in total. The van der Waals surface area contributed by atoms with E-state index in [1.807, 2.05) is 43.6 Å². The number of hydrogen-bond acceptors (Lipinski definition) is 4. The number of rotatable bonds is 4. The summed E-state index contributed by atoms with van der Waals surface area (Å²) in [5.41, 5.74) is 0.435. The molecule has 2 saturated heterocycles. The molecule has 2 aliphatic heterocycles. The number of carbonyl (C=O) groups excluding carboxylic acids is 3. The number of nitrogens with one attached hydrogen (secondary N) is 1. The molecule has 7 heteroatoms. The van der Waals surface area contributed by atoms with Crippen LogP contribution >= 0.6 is 11.3 Å². The second-order valence-corrected chi connectivity index (χ2v) is 10.4. The highest BCUT2D eigenvalue weighted by Gasteiger charge is 2.29. The molecule has 2 aliphatic rings. The highest BCUT2D eigenvalue weighted by molar-refractivity contribution is 7.18. The number of carbonyl (C=O) groups is 3. The highest BCUT2D eigenvalue weighted by Crippen LogP contribution is 2.31. The van der Waals surface area contributed by atoms with Gasteiger partial charge in [0, 0.05) is 38.0 Å². The van der Waals surface area contributed by atoms with Crippen LogP contribution in [0.1, 0.15) is 68.1 Å². The Kier molecular flexibility index (Phi) is 6.66.